The van der Waals surface area contributed by atoms with E-state index < -0.39 is 122 Å². The molecular weight excluding hydrogens is 788 g/mol. The van der Waals surface area contributed by atoms with E-state index in [4.69, 9.17) is 34.4 Å². The fourth-order valence-corrected chi connectivity index (χ4v) is 4.94. The molecule has 0 aliphatic rings. The van der Waals surface area contributed by atoms with Crippen LogP contribution in [0.2, 0.25) is 0 Å². The van der Waals surface area contributed by atoms with Crippen LogP contribution in [0.1, 0.15) is 58.8 Å². The number of hydrogen-bond donors (Lipinski definition) is 16. The molecule has 7 atom stereocenters. The molecule has 27 nitrogen and oxygen atoms in total. The lowest BCUT2D eigenvalue weighted by Gasteiger charge is -2.27. The van der Waals surface area contributed by atoms with Crippen LogP contribution in [0.3, 0.4) is 0 Å². The number of nitrogens with one attached hydrogen (secondary N) is 6. The lowest BCUT2D eigenvalue weighted by Crippen LogP contribution is -2.61. The van der Waals surface area contributed by atoms with Crippen LogP contribution in [0.4, 0.5) is 0 Å². The standard InChI is InChI=1S/C32H58N14O13/c1-14(2)9-17(25(53)46-21(13-48)28(56)41-16(30(58)59)6-4-8-40-32(37)38)42-26(54)18(10-22(34)49)43-27(55)19(11-23(50)51)44-29(57)20(12-47)45-24(52)15(33)5-3-7-39-31(35)36/h14-21,47-48H,3-13,33H2,1-2H3,(H2,34,49)(H,41,56)(H,42,54)(H,43,55)(H,44,57)(H,45,52)(H,46,53)(H,50,51)(H,58,59)(H4,35,36,39)(H4,37,38,40)/t15-,16-,17-,18-,19-,20-,21-/m0/s1. The smallest absolute Gasteiger partial charge is 0.326 e. The first-order valence-electron chi connectivity index (χ1n) is 18.2. The maximum atomic E-state index is 13.5. The van der Waals surface area contributed by atoms with Crippen molar-refractivity contribution < 1.29 is 63.6 Å². The number of primary amides is 1. The highest BCUT2D eigenvalue weighted by Crippen LogP contribution is 2.08. The Morgan fingerprint density at radius 3 is 1.31 bits per heavy atom. The molecule has 7 amide bonds. The monoisotopic (exact) mass is 846 g/mol. The van der Waals surface area contributed by atoms with Gasteiger partial charge >= 0.3 is 11.9 Å². The Morgan fingerprint density at radius 2 is 0.898 bits per heavy atom. The zero-order valence-corrected chi connectivity index (χ0v) is 32.7. The molecule has 0 unspecified atom stereocenters. The Kier molecular flexibility index (Phi) is 24.4. The summed E-state index contributed by atoms with van der Waals surface area (Å²) in [7, 11) is 0. The van der Waals surface area contributed by atoms with Gasteiger partial charge in [-0.25, -0.2) is 4.79 Å². The second-order valence-electron chi connectivity index (χ2n) is 13.5. The van der Waals surface area contributed by atoms with Gasteiger partial charge in [-0.2, -0.15) is 0 Å². The number of amides is 7. The largest absolute Gasteiger partial charge is 0.481 e. The number of rotatable bonds is 29. The molecule has 0 rings (SSSR count). The molecule has 0 aromatic carbocycles. The van der Waals surface area contributed by atoms with E-state index in [9.17, 15) is 63.6 Å². The van der Waals surface area contributed by atoms with Crippen molar-refractivity contribution in [3.63, 3.8) is 0 Å². The van der Waals surface area contributed by atoms with Crippen LogP contribution >= 0.6 is 0 Å². The van der Waals surface area contributed by atoms with E-state index in [0.717, 1.165) is 0 Å². The van der Waals surface area contributed by atoms with Gasteiger partial charge in [-0.15, -0.1) is 0 Å². The number of aliphatic hydroxyl groups excluding tert-OH is 2. The van der Waals surface area contributed by atoms with Gasteiger partial charge in [0.05, 0.1) is 32.1 Å². The van der Waals surface area contributed by atoms with Crippen molar-refractivity contribution in [3.05, 3.63) is 0 Å². The van der Waals surface area contributed by atoms with Gasteiger partial charge in [0.2, 0.25) is 41.4 Å². The zero-order valence-electron chi connectivity index (χ0n) is 32.7. The third-order valence-corrected chi connectivity index (χ3v) is 7.89. The zero-order chi connectivity index (χ0) is 45.4. The second kappa shape index (κ2) is 27.3. The number of carbonyl (C=O) groups is 9. The molecule has 0 aliphatic heterocycles. The Morgan fingerprint density at radius 1 is 0.525 bits per heavy atom. The quantitative estimate of drug-likeness (QED) is 0.0189. The van der Waals surface area contributed by atoms with Crippen LogP contribution < -0.4 is 66.3 Å². The maximum Gasteiger partial charge on any atom is 0.326 e. The summed E-state index contributed by atoms with van der Waals surface area (Å²) in [6.07, 6.45) is -1.78. The van der Waals surface area contributed by atoms with Crippen LogP contribution in [0.5, 0.6) is 0 Å². The van der Waals surface area contributed by atoms with Crippen molar-refractivity contribution in [2.45, 2.75) is 101 Å². The Labute approximate surface area is 338 Å². The first-order valence-corrected chi connectivity index (χ1v) is 18.2. The number of nitrogens with two attached hydrogens (primary N) is 6. The van der Waals surface area contributed by atoms with Gasteiger partial charge in [-0.1, -0.05) is 13.8 Å². The molecule has 0 aliphatic carbocycles. The van der Waals surface area contributed by atoms with E-state index in [1.165, 1.54) is 0 Å². The van der Waals surface area contributed by atoms with Gasteiger partial charge < -0.3 is 86.7 Å². The summed E-state index contributed by atoms with van der Waals surface area (Å²) in [5.41, 5.74) is 32.0. The van der Waals surface area contributed by atoms with E-state index in [1.807, 2.05) is 5.32 Å². The SMILES string of the molecule is CC(C)C[C@H](NC(=O)[C@H](CC(N)=O)NC(=O)[C@H](CC(=O)O)NC(=O)[C@H](CO)NC(=O)[C@@H](N)CCCN=C(N)N)C(=O)N[C@@H](CO)C(=O)N[C@@H](CCCN=C(N)N)C(=O)O. The Balaban J connectivity index is 6.02. The third kappa shape index (κ3) is 22.2. The minimum absolute atomic E-state index is 0.0509. The normalized spacial score (nSPS) is 14.3. The van der Waals surface area contributed by atoms with Gasteiger partial charge in [-0.3, -0.25) is 48.3 Å². The molecule has 0 saturated heterocycles. The molecule has 27 heteroatoms. The topological polar surface area (TPSA) is 488 Å². The molecule has 0 aromatic rings. The highest BCUT2D eigenvalue weighted by atomic mass is 16.4. The number of guanidine groups is 2. The third-order valence-electron chi connectivity index (χ3n) is 7.89. The summed E-state index contributed by atoms with van der Waals surface area (Å²) >= 11 is 0. The molecule has 0 spiro atoms. The summed E-state index contributed by atoms with van der Waals surface area (Å²) in [6.45, 7) is 1.46. The number of carboxylic acids is 2. The minimum Gasteiger partial charge on any atom is -0.481 e. The molecule has 0 saturated carbocycles. The first-order chi connectivity index (χ1) is 27.5. The minimum atomic E-state index is -1.97. The molecule has 59 heavy (non-hydrogen) atoms. The second-order valence-corrected chi connectivity index (χ2v) is 13.5. The Bertz CT molecular complexity index is 1540. The fourth-order valence-electron chi connectivity index (χ4n) is 4.94. The van der Waals surface area contributed by atoms with Crippen LogP contribution in [0.15, 0.2) is 9.98 Å². The molecule has 0 aromatic heterocycles. The summed E-state index contributed by atoms with van der Waals surface area (Å²) in [6, 6.07) is -11.5. The predicted octanol–water partition coefficient (Wildman–Crippen LogP) is -8.20. The van der Waals surface area contributed by atoms with Crippen molar-refractivity contribution in [1.82, 2.24) is 31.9 Å². The highest BCUT2D eigenvalue weighted by molar-refractivity contribution is 5.99. The van der Waals surface area contributed by atoms with Crippen molar-refractivity contribution in [1.29, 1.82) is 0 Å². The van der Waals surface area contributed by atoms with Crippen LogP contribution in [-0.2, 0) is 43.2 Å². The van der Waals surface area contributed by atoms with Gasteiger partial charge in [0.25, 0.3) is 0 Å². The summed E-state index contributed by atoms with van der Waals surface area (Å²) in [4.78, 5) is 121. The summed E-state index contributed by atoms with van der Waals surface area (Å²) in [5, 5.41) is 51.6. The lowest BCUT2D eigenvalue weighted by molar-refractivity contribution is -0.143. The molecule has 0 heterocycles. The number of aliphatic carboxylic acids is 2. The maximum absolute atomic E-state index is 13.5. The highest BCUT2D eigenvalue weighted by Gasteiger charge is 2.35. The van der Waals surface area contributed by atoms with Gasteiger partial charge in [0.15, 0.2) is 11.9 Å². The molecule has 22 N–H and O–H groups in total. The van der Waals surface area contributed by atoms with Crippen LogP contribution in [0.25, 0.3) is 0 Å². The Hall–Kier alpha value is -6.35. The summed E-state index contributed by atoms with van der Waals surface area (Å²) < 4.78 is 0. The number of carbonyl (C=O) groups excluding carboxylic acids is 7. The molecule has 334 valence electrons. The number of aliphatic hydroxyl groups is 2. The van der Waals surface area contributed by atoms with Crippen molar-refractivity contribution in [2.75, 3.05) is 26.3 Å². The van der Waals surface area contributed by atoms with Gasteiger partial charge in [-0.05, 0) is 38.0 Å². The van der Waals surface area contributed by atoms with Crippen molar-refractivity contribution in [3.8, 4) is 0 Å². The fraction of sp³-hybridized carbons (Fsp3) is 0.656. The lowest BCUT2D eigenvalue weighted by atomic mass is 10.0. The van der Waals surface area contributed by atoms with E-state index >= 15 is 0 Å². The van der Waals surface area contributed by atoms with Gasteiger partial charge in [0, 0.05) is 13.1 Å². The molecule has 0 bridgehead atoms. The predicted molar refractivity (Wildman–Crippen MR) is 207 cm³/mol. The van der Waals surface area contributed by atoms with Crippen LogP contribution in [-0.4, -0.2) is 154 Å². The summed E-state index contributed by atoms with van der Waals surface area (Å²) in [5.74, 6) is -11.7. The first kappa shape index (κ1) is 52.6. The number of hydrogen-bond acceptors (Lipinski definition) is 14. The average molecular weight is 847 g/mol. The van der Waals surface area contributed by atoms with Crippen molar-refractivity contribution in [2.24, 2.45) is 50.3 Å². The molecular formula is C32H58N14O13. The van der Waals surface area contributed by atoms with E-state index in [2.05, 4.69) is 36.6 Å². The van der Waals surface area contributed by atoms with E-state index in [0.29, 0.717) is 0 Å². The number of carboxylic acid groups (broad SMARTS) is 2. The van der Waals surface area contributed by atoms with E-state index in [-0.39, 0.29) is 63.0 Å². The van der Waals surface area contributed by atoms with E-state index in [1.54, 1.807) is 13.8 Å². The molecule has 0 fully saturated rings. The van der Waals surface area contributed by atoms with Gasteiger partial charge in [0.1, 0.15) is 36.3 Å². The molecule has 0 radical (unpaired) electrons. The number of nitrogens with zero attached hydrogens (tertiary/aromatic N) is 2. The number of aliphatic imine (C=N–C) groups is 2. The van der Waals surface area contributed by atoms with Crippen LogP contribution in [0, 0.1) is 5.92 Å². The van der Waals surface area contributed by atoms with Crippen molar-refractivity contribution >= 4 is 65.2 Å². The average Bonchev–Trinajstić information content (AvgIpc) is 3.13.